The van der Waals surface area contributed by atoms with Crippen LogP contribution < -0.4 is 0 Å². The number of hydrogen-bond donors (Lipinski definition) is 0. The second-order valence-corrected chi connectivity index (χ2v) is 2.01. The van der Waals surface area contributed by atoms with Crippen LogP contribution in [0.1, 0.15) is 13.8 Å². The molecule has 0 saturated heterocycles. The molecule has 0 N–H and O–H groups in total. The average Bonchev–Trinajstić information content (AvgIpc) is 1.82. The zero-order valence-electron chi connectivity index (χ0n) is 4.71. The molecule has 0 aromatic carbocycles. The maximum absolute atomic E-state index is 10.2. The Hall–Kier alpha value is -0.930. The van der Waals surface area contributed by atoms with Gasteiger partial charge in [0.25, 0.3) is 0 Å². The maximum atomic E-state index is 10.2. The van der Waals surface area contributed by atoms with Crippen LogP contribution in [0.15, 0.2) is 10.2 Å². The summed E-state index contributed by atoms with van der Waals surface area (Å²) >= 11 is 0. The van der Waals surface area contributed by atoms with Gasteiger partial charge in [0.15, 0.2) is 0 Å². The van der Waals surface area contributed by atoms with Gasteiger partial charge in [-0.3, -0.25) is 0 Å². The molecule has 0 aliphatic carbocycles. The SMILES string of the molecule is CC1(C)N=NC(=O)O1. The molecule has 8 heavy (non-hydrogen) atoms. The Balaban J connectivity index is 2.72. The second kappa shape index (κ2) is 1.27. The molecule has 0 unspecified atom stereocenters. The summed E-state index contributed by atoms with van der Waals surface area (Å²) in [6.45, 7) is 3.34. The summed E-state index contributed by atoms with van der Waals surface area (Å²) < 4.78 is 4.58. The topological polar surface area (TPSA) is 51.0 Å². The molecule has 1 amide bonds. The number of nitrogens with zero attached hydrogens (tertiary/aromatic N) is 2. The number of hydrogen-bond acceptors (Lipinski definition) is 3. The molecule has 1 aliphatic heterocycles. The molecule has 0 bridgehead atoms. The lowest BCUT2D eigenvalue weighted by Gasteiger charge is -2.08. The lowest BCUT2D eigenvalue weighted by molar-refractivity contribution is 0.0749. The molecule has 4 nitrogen and oxygen atoms in total. The van der Waals surface area contributed by atoms with E-state index >= 15 is 0 Å². The molecule has 1 heterocycles. The van der Waals surface area contributed by atoms with E-state index in [0.29, 0.717) is 0 Å². The second-order valence-electron chi connectivity index (χ2n) is 2.01. The third kappa shape index (κ3) is 0.828. The van der Waals surface area contributed by atoms with Gasteiger partial charge in [0.05, 0.1) is 0 Å². The van der Waals surface area contributed by atoms with Crippen molar-refractivity contribution in [2.75, 3.05) is 0 Å². The van der Waals surface area contributed by atoms with Crippen LogP contribution in [0.3, 0.4) is 0 Å². The third-order valence-corrected chi connectivity index (χ3v) is 0.710. The van der Waals surface area contributed by atoms with Gasteiger partial charge in [-0.2, -0.15) is 0 Å². The highest BCUT2D eigenvalue weighted by Crippen LogP contribution is 2.18. The fraction of sp³-hybridized carbons (Fsp3) is 0.750. The number of cyclic esters (lactones) is 1. The van der Waals surface area contributed by atoms with Crippen molar-refractivity contribution in [3.63, 3.8) is 0 Å². The van der Waals surface area contributed by atoms with Gasteiger partial charge in [-0.05, 0) is 13.8 Å². The first-order valence-corrected chi connectivity index (χ1v) is 2.26. The summed E-state index contributed by atoms with van der Waals surface area (Å²) in [4.78, 5) is 10.2. The predicted molar refractivity (Wildman–Crippen MR) is 25.4 cm³/mol. The van der Waals surface area contributed by atoms with E-state index in [2.05, 4.69) is 15.0 Å². The Morgan fingerprint density at radius 2 is 2.25 bits per heavy atom. The molecule has 0 fully saturated rings. The lowest BCUT2D eigenvalue weighted by atomic mass is 10.3. The monoisotopic (exact) mass is 114 g/mol. The molecule has 0 atom stereocenters. The number of carbonyl (C=O) groups is 1. The van der Waals surface area contributed by atoms with Crippen LogP contribution in [-0.4, -0.2) is 11.8 Å². The van der Waals surface area contributed by atoms with E-state index < -0.39 is 11.8 Å². The van der Waals surface area contributed by atoms with Crippen molar-refractivity contribution in [2.45, 2.75) is 19.6 Å². The average molecular weight is 114 g/mol. The minimum absolute atomic E-state index is 0.602. The van der Waals surface area contributed by atoms with Crippen molar-refractivity contribution >= 4 is 6.09 Å². The highest BCUT2D eigenvalue weighted by Gasteiger charge is 2.27. The summed E-state index contributed by atoms with van der Waals surface area (Å²) in [6.07, 6.45) is -0.602. The van der Waals surface area contributed by atoms with Crippen molar-refractivity contribution in [3.8, 4) is 0 Å². The lowest BCUT2D eigenvalue weighted by Crippen LogP contribution is -2.16. The maximum Gasteiger partial charge on any atom is 0.454 e. The van der Waals surface area contributed by atoms with Crippen LogP contribution in [0.25, 0.3) is 0 Å². The van der Waals surface area contributed by atoms with E-state index in [1.54, 1.807) is 13.8 Å². The molecule has 0 aromatic rings. The van der Waals surface area contributed by atoms with Gasteiger partial charge in [0, 0.05) is 0 Å². The van der Waals surface area contributed by atoms with E-state index in [0.717, 1.165) is 0 Å². The van der Waals surface area contributed by atoms with Gasteiger partial charge >= 0.3 is 6.09 Å². The molecular weight excluding hydrogens is 108 g/mol. The summed E-state index contributed by atoms with van der Waals surface area (Å²) in [5.41, 5.74) is -0.725. The molecule has 0 radical (unpaired) electrons. The smallest absolute Gasteiger partial charge is 0.417 e. The number of amides is 1. The standard InChI is InChI=1S/C4H6N2O2/c1-4(2)6-5-3(7)8-4/h1-2H3. The molecule has 0 aromatic heterocycles. The largest absolute Gasteiger partial charge is 0.454 e. The molecule has 1 rings (SSSR count). The zero-order valence-corrected chi connectivity index (χ0v) is 4.71. The zero-order chi connectivity index (χ0) is 6.20. The van der Waals surface area contributed by atoms with Crippen molar-refractivity contribution in [2.24, 2.45) is 10.2 Å². The first-order chi connectivity index (χ1) is 3.60. The molecule has 1 aliphatic rings. The van der Waals surface area contributed by atoms with Gasteiger partial charge in [-0.15, -0.1) is 5.11 Å². The summed E-state index contributed by atoms with van der Waals surface area (Å²) in [7, 11) is 0. The Kier molecular flexibility index (Phi) is 0.829. The number of rotatable bonds is 0. The molecular formula is C4H6N2O2. The Labute approximate surface area is 46.6 Å². The van der Waals surface area contributed by atoms with E-state index in [-0.39, 0.29) is 0 Å². The fourth-order valence-electron chi connectivity index (χ4n) is 0.416. The van der Waals surface area contributed by atoms with Crippen LogP contribution in [0.5, 0.6) is 0 Å². The highest BCUT2D eigenvalue weighted by molar-refractivity contribution is 5.69. The number of ether oxygens (including phenoxy) is 1. The number of carbonyl (C=O) groups excluding carboxylic acids is 1. The summed E-state index contributed by atoms with van der Waals surface area (Å²) in [5.74, 6) is 0. The van der Waals surface area contributed by atoms with E-state index in [9.17, 15) is 4.79 Å². The first kappa shape index (κ1) is 5.21. The van der Waals surface area contributed by atoms with E-state index in [1.165, 1.54) is 0 Å². The van der Waals surface area contributed by atoms with Crippen molar-refractivity contribution < 1.29 is 9.53 Å². The Morgan fingerprint density at radius 3 is 2.38 bits per heavy atom. The van der Waals surface area contributed by atoms with E-state index in [1.807, 2.05) is 0 Å². The normalized spacial score (nSPS) is 23.5. The quantitative estimate of drug-likeness (QED) is 0.477. The van der Waals surface area contributed by atoms with E-state index in [4.69, 9.17) is 0 Å². The molecule has 0 spiro atoms. The highest BCUT2D eigenvalue weighted by atomic mass is 16.6. The van der Waals surface area contributed by atoms with Crippen LogP contribution in [0.4, 0.5) is 4.79 Å². The minimum Gasteiger partial charge on any atom is -0.417 e. The van der Waals surface area contributed by atoms with Crippen molar-refractivity contribution in [1.29, 1.82) is 0 Å². The molecule has 0 saturated carbocycles. The predicted octanol–water partition coefficient (Wildman–Crippen LogP) is 1.32. The number of azo groups is 1. The minimum atomic E-state index is -0.725. The van der Waals surface area contributed by atoms with Crippen molar-refractivity contribution in [1.82, 2.24) is 0 Å². The summed E-state index contributed by atoms with van der Waals surface area (Å²) in [5, 5.41) is 6.66. The Morgan fingerprint density at radius 1 is 1.62 bits per heavy atom. The molecule has 44 valence electrons. The van der Waals surface area contributed by atoms with Gasteiger partial charge in [0.2, 0.25) is 5.72 Å². The van der Waals surface area contributed by atoms with Crippen LogP contribution in [0, 0.1) is 0 Å². The van der Waals surface area contributed by atoms with Gasteiger partial charge < -0.3 is 4.74 Å². The van der Waals surface area contributed by atoms with Crippen LogP contribution in [0.2, 0.25) is 0 Å². The van der Waals surface area contributed by atoms with Crippen LogP contribution in [-0.2, 0) is 4.74 Å². The Bertz CT molecular complexity index is 150. The van der Waals surface area contributed by atoms with Gasteiger partial charge in [-0.1, -0.05) is 5.11 Å². The van der Waals surface area contributed by atoms with Crippen LogP contribution >= 0.6 is 0 Å². The third-order valence-electron chi connectivity index (χ3n) is 0.710. The van der Waals surface area contributed by atoms with Gasteiger partial charge in [0.1, 0.15) is 0 Å². The van der Waals surface area contributed by atoms with Gasteiger partial charge in [-0.25, -0.2) is 4.79 Å². The first-order valence-electron chi connectivity index (χ1n) is 2.26. The molecule has 4 heteroatoms. The summed E-state index contributed by atoms with van der Waals surface area (Å²) in [6, 6.07) is 0. The van der Waals surface area contributed by atoms with Crippen molar-refractivity contribution in [3.05, 3.63) is 0 Å². The fourth-order valence-corrected chi connectivity index (χ4v) is 0.416.